The number of rotatable bonds is 24. The average Bonchev–Trinajstić information content (AvgIpc) is 2.88. The Morgan fingerprint density at radius 2 is 0.667 bits per heavy atom. The molecule has 0 aromatic heterocycles. The first-order chi connectivity index (χ1) is 19.9. The van der Waals surface area contributed by atoms with E-state index in [0.717, 1.165) is 83.5 Å². The smallest absolute Gasteiger partial charge is 0.336 e. The summed E-state index contributed by atoms with van der Waals surface area (Å²) in [5.41, 5.74) is 0.759. The minimum atomic E-state index is -1.34. The van der Waals surface area contributed by atoms with Crippen molar-refractivity contribution in [2.75, 3.05) is 0 Å². The van der Waals surface area contributed by atoms with Crippen LogP contribution in [0.1, 0.15) is 186 Å². The number of carbonyl (C=O) groups is 3. The maximum Gasteiger partial charge on any atom is 0.336 e. The molecular weight excluding hydrogens is 528 g/mol. The SMILES string of the molecule is CC(C)CCCCCCc1c(CCCCCCC(C)C)c(C(=O)O)c(C(=O)O)c(CCCCCCC(C)C)c1C(=O)O. The lowest BCUT2D eigenvalue weighted by Gasteiger charge is -2.22. The number of benzene rings is 1. The van der Waals surface area contributed by atoms with Gasteiger partial charge in [-0.15, -0.1) is 0 Å². The first-order valence-electron chi connectivity index (χ1n) is 16.8. The van der Waals surface area contributed by atoms with Crippen LogP contribution in [0.4, 0.5) is 0 Å². The summed E-state index contributed by atoms with van der Waals surface area (Å²) in [5.74, 6) is -1.85. The molecule has 0 heterocycles. The lowest BCUT2D eigenvalue weighted by Crippen LogP contribution is -2.22. The van der Waals surface area contributed by atoms with Gasteiger partial charge in [-0.05, 0) is 73.0 Å². The molecule has 0 aliphatic rings. The summed E-state index contributed by atoms with van der Waals surface area (Å²) in [6.07, 6.45) is 15.7. The van der Waals surface area contributed by atoms with E-state index < -0.39 is 17.9 Å². The number of hydrogen-bond donors (Lipinski definition) is 3. The molecule has 0 fully saturated rings. The van der Waals surface area contributed by atoms with Crippen LogP contribution in [0, 0.1) is 17.8 Å². The second-order valence-electron chi connectivity index (χ2n) is 13.5. The minimum Gasteiger partial charge on any atom is -0.478 e. The van der Waals surface area contributed by atoms with Crippen LogP contribution in [0.25, 0.3) is 0 Å². The molecule has 0 aliphatic heterocycles. The van der Waals surface area contributed by atoms with Crippen molar-refractivity contribution in [3.8, 4) is 0 Å². The van der Waals surface area contributed by atoms with E-state index in [1.165, 1.54) is 0 Å². The first kappa shape index (κ1) is 37.7. The van der Waals surface area contributed by atoms with Gasteiger partial charge in [0.05, 0.1) is 16.7 Å². The van der Waals surface area contributed by atoms with Crippen LogP contribution in [-0.4, -0.2) is 33.2 Å². The van der Waals surface area contributed by atoms with E-state index in [-0.39, 0.29) is 28.7 Å². The van der Waals surface area contributed by atoms with Gasteiger partial charge in [0.2, 0.25) is 0 Å². The monoisotopic (exact) mass is 588 g/mol. The van der Waals surface area contributed by atoms with Gasteiger partial charge in [-0.2, -0.15) is 0 Å². The summed E-state index contributed by atoms with van der Waals surface area (Å²) < 4.78 is 0. The Balaban J connectivity index is 3.44. The Morgan fingerprint density at radius 1 is 0.405 bits per heavy atom. The normalized spacial score (nSPS) is 11.6. The third-order valence-corrected chi connectivity index (χ3v) is 8.34. The summed E-state index contributed by atoms with van der Waals surface area (Å²) in [4.78, 5) is 38.1. The molecule has 42 heavy (non-hydrogen) atoms. The zero-order valence-electron chi connectivity index (χ0n) is 27.5. The third-order valence-electron chi connectivity index (χ3n) is 8.34. The topological polar surface area (TPSA) is 112 Å². The quantitative estimate of drug-likeness (QED) is 0.104. The highest BCUT2D eigenvalue weighted by Crippen LogP contribution is 2.33. The van der Waals surface area contributed by atoms with E-state index in [2.05, 4.69) is 41.5 Å². The molecule has 1 aromatic rings. The Kier molecular flexibility index (Phi) is 18.4. The fourth-order valence-corrected chi connectivity index (χ4v) is 6.07. The first-order valence-corrected chi connectivity index (χ1v) is 16.8. The maximum atomic E-state index is 12.8. The zero-order valence-corrected chi connectivity index (χ0v) is 27.5. The predicted octanol–water partition coefficient (Wildman–Crippen LogP) is 10.2. The van der Waals surface area contributed by atoms with Crippen LogP contribution in [0.3, 0.4) is 0 Å². The lowest BCUT2D eigenvalue weighted by atomic mass is 9.80. The van der Waals surface area contributed by atoms with Gasteiger partial charge in [-0.3, -0.25) is 0 Å². The Bertz CT molecular complexity index is 976. The standard InChI is InChI=1S/C36H60O6/c1-25(2)19-13-7-10-16-22-28-29(23-17-11-8-14-20-26(3)4)32(35(39)40)33(36(41)42)30(31(28)34(37)38)24-18-12-9-15-21-27(5)6/h25-27H,7-24H2,1-6H3,(H,37,38)(H,39,40)(H,41,42). The van der Waals surface area contributed by atoms with Crippen molar-refractivity contribution in [2.24, 2.45) is 17.8 Å². The molecule has 240 valence electrons. The molecule has 0 atom stereocenters. The molecular formula is C36H60O6. The number of carboxylic acid groups (broad SMARTS) is 3. The van der Waals surface area contributed by atoms with Gasteiger partial charge in [-0.1, -0.05) is 119 Å². The van der Waals surface area contributed by atoms with Crippen molar-refractivity contribution >= 4 is 17.9 Å². The molecule has 3 N–H and O–H groups in total. The maximum absolute atomic E-state index is 12.8. The van der Waals surface area contributed by atoms with Crippen LogP contribution in [0.2, 0.25) is 0 Å². The van der Waals surface area contributed by atoms with E-state index in [1.807, 2.05) is 0 Å². The van der Waals surface area contributed by atoms with E-state index in [9.17, 15) is 29.7 Å². The van der Waals surface area contributed by atoms with Crippen LogP contribution in [0.5, 0.6) is 0 Å². The molecule has 1 rings (SSSR count). The Hall–Kier alpha value is -2.37. The summed E-state index contributed by atoms with van der Waals surface area (Å²) in [5, 5.41) is 31.1. The molecule has 0 aliphatic carbocycles. The van der Waals surface area contributed by atoms with Crippen molar-refractivity contribution < 1.29 is 29.7 Å². The number of carboxylic acids is 3. The number of unbranched alkanes of at least 4 members (excludes halogenated alkanes) is 9. The van der Waals surface area contributed by atoms with E-state index in [0.29, 0.717) is 54.6 Å². The van der Waals surface area contributed by atoms with Gasteiger partial charge in [0.15, 0.2) is 0 Å². The molecule has 0 saturated heterocycles. The molecule has 0 saturated carbocycles. The summed E-state index contributed by atoms with van der Waals surface area (Å²) in [6, 6.07) is 0. The van der Waals surface area contributed by atoms with Crippen molar-refractivity contribution in [1.82, 2.24) is 0 Å². The molecule has 6 heteroatoms. The summed E-state index contributed by atoms with van der Waals surface area (Å²) in [6.45, 7) is 13.2. The molecule has 0 spiro atoms. The molecule has 0 unspecified atom stereocenters. The summed E-state index contributed by atoms with van der Waals surface area (Å²) in [7, 11) is 0. The lowest BCUT2D eigenvalue weighted by molar-refractivity contribution is 0.0646. The predicted molar refractivity (Wildman–Crippen MR) is 172 cm³/mol. The number of aromatic carboxylic acids is 3. The van der Waals surface area contributed by atoms with Gasteiger partial charge >= 0.3 is 17.9 Å². The molecule has 1 aromatic carbocycles. The van der Waals surface area contributed by atoms with Gasteiger partial charge < -0.3 is 15.3 Å². The third kappa shape index (κ3) is 13.7. The van der Waals surface area contributed by atoms with E-state index in [4.69, 9.17) is 0 Å². The van der Waals surface area contributed by atoms with Crippen LogP contribution >= 0.6 is 0 Å². The molecule has 6 nitrogen and oxygen atoms in total. The van der Waals surface area contributed by atoms with Gasteiger partial charge in [0.25, 0.3) is 0 Å². The summed E-state index contributed by atoms with van der Waals surface area (Å²) >= 11 is 0. The average molecular weight is 589 g/mol. The van der Waals surface area contributed by atoms with Crippen LogP contribution in [-0.2, 0) is 19.3 Å². The van der Waals surface area contributed by atoms with E-state index >= 15 is 0 Å². The van der Waals surface area contributed by atoms with Gasteiger partial charge in [0.1, 0.15) is 0 Å². The zero-order chi connectivity index (χ0) is 31.7. The number of hydrogen-bond acceptors (Lipinski definition) is 3. The van der Waals surface area contributed by atoms with Crippen molar-refractivity contribution in [2.45, 2.75) is 157 Å². The fraction of sp³-hybridized carbons (Fsp3) is 0.750. The minimum absolute atomic E-state index is 0.0524. The molecule has 0 bridgehead atoms. The highest BCUT2D eigenvalue weighted by molar-refractivity contribution is 6.07. The fourth-order valence-electron chi connectivity index (χ4n) is 6.07. The van der Waals surface area contributed by atoms with E-state index in [1.54, 1.807) is 0 Å². The second kappa shape index (κ2) is 20.5. The van der Waals surface area contributed by atoms with Crippen molar-refractivity contribution in [3.63, 3.8) is 0 Å². The van der Waals surface area contributed by atoms with Crippen LogP contribution < -0.4 is 0 Å². The van der Waals surface area contributed by atoms with Crippen molar-refractivity contribution in [3.05, 3.63) is 33.4 Å². The largest absolute Gasteiger partial charge is 0.478 e. The van der Waals surface area contributed by atoms with Crippen LogP contribution in [0.15, 0.2) is 0 Å². The molecule has 0 radical (unpaired) electrons. The molecule has 0 amide bonds. The highest BCUT2D eigenvalue weighted by Gasteiger charge is 2.32. The van der Waals surface area contributed by atoms with Gasteiger partial charge in [-0.25, -0.2) is 14.4 Å². The Labute approximate surface area is 255 Å². The highest BCUT2D eigenvalue weighted by atomic mass is 16.4. The van der Waals surface area contributed by atoms with Crippen molar-refractivity contribution in [1.29, 1.82) is 0 Å². The van der Waals surface area contributed by atoms with Gasteiger partial charge in [0, 0.05) is 0 Å². The Morgan fingerprint density at radius 3 is 0.976 bits per heavy atom. The second-order valence-corrected chi connectivity index (χ2v) is 13.5.